The number of carbonyl (C=O) groups is 1. The van der Waals surface area contributed by atoms with Crippen LogP contribution >= 0.6 is 0 Å². The van der Waals surface area contributed by atoms with Crippen LogP contribution in [-0.2, 0) is 6.18 Å². The fraction of sp³-hybridized carbons (Fsp3) is 0.0909. The van der Waals surface area contributed by atoms with Gasteiger partial charge in [-0.25, -0.2) is 0 Å². The first-order valence-corrected chi connectivity index (χ1v) is 6.33. The van der Waals surface area contributed by atoms with E-state index >= 15 is 0 Å². The second-order valence-corrected chi connectivity index (χ2v) is 5.02. The molecule has 0 bridgehead atoms. The van der Waals surface area contributed by atoms with E-state index in [0.29, 0.717) is 32.1 Å². The predicted molar refractivity (Wildman–Crippen MR) is 65.3 cm³/mol. The highest BCUT2D eigenvalue weighted by Gasteiger charge is 2.34. The van der Waals surface area contributed by atoms with Gasteiger partial charge in [-0.1, -0.05) is 0 Å². The second-order valence-electron chi connectivity index (χ2n) is 3.99. The molecule has 0 radical (unpaired) electrons. The minimum atomic E-state index is -4.46. The van der Waals surface area contributed by atoms with Crippen molar-refractivity contribution in [2.45, 2.75) is 6.18 Å². The van der Waals surface area contributed by atoms with Crippen molar-refractivity contribution in [3.63, 3.8) is 0 Å². The van der Waals surface area contributed by atoms with Crippen molar-refractivity contribution in [1.82, 2.24) is 9.78 Å². The van der Waals surface area contributed by atoms with Crippen LogP contribution in [0.15, 0.2) is 30.3 Å². The third-order valence-electron chi connectivity index (χ3n) is 2.57. The molecule has 1 aromatic carbocycles. The summed E-state index contributed by atoms with van der Waals surface area (Å²) in [4.78, 5) is 10.9. The third-order valence-corrected chi connectivity index (χ3v) is 3.29. The summed E-state index contributed by atoms with van der Waals surface area (Å²) in [6, 6.07) is 6.94. The lowest BCUT2D eigenvalue weighted by atomic mass is 10.2. The summed E-state index contributed by atoms with van der Waals surface area (Å²) >= 11 is 0.418. The molecule has 2 aromatic rings. The Morgan fingerprint density at radius 2 is 1.84 bits per heavy atom. The highest BCUT2D eigenvalue weighted by Crippen LogP contribution is 2.27. The Morgan fingerprint density at radius 1 is 1.26 bits per heavy atom. The SMILES string of the molecule is NC(=O)c1ccc(-n2nc(C(F)(F)F)c[c]2[AlH2])cc1. The molecule has 2 N–H and O–H groups in total. The number of nitrogens with two attached hydrogens (primary N) is 1. The van der Waals surface area contributed by atoms with Gasteiger partial charge >= 0.3 is 6.18 Å². The molecule has 0 aliphatic carbocycles. The standard InChI is InChI=1S/C11H7F3N3O.Al.2H/c12-11(13,14)9-5-6-17(16-9)8-3-1-7(2-4-8)10(15)18;;;/h1-5H,(H2,15,18);;;. The number of hydrogen-bond donors (Lipinski definition) is 1. The minimum absolute atomic E-state index is 0.293. The number of alkyl halides is 3. The van der Waals surface area contributed by atoms with Crippen molar-refractivity contribution < 1.29 is 18.0 Å². The van der Waals surface area contributed by atoms with Gasteiger partial charge in [0.15, 0.2) is 5.69 Å². The average Bonchev–Trinajstić information content (AvgIpc) is 2.71. The summed E-state index contributed by atoms with van der Waals surface area (Å²) in [6.07, 6.45) is -4.46. The van der Waals surface area contributed by atoms with Crippen LogP contribution in [-0.4, -0.2) is 32.0 Å². The fourth-order valence-corrected chi connectivity index (χ4v) is 2.27. The van der Waals surface area contributed by atoms with E-state index in [1.807, 2.05) is 0 Å². The molecule has 4 nitrogen and oxygen atoms in total. The number of benzene rings is 1. The number of rotatable bonds is 2. The third kappa shape index (κ3) is 2.80. The Morgan fingerprint density at radius 3 is 2.26 bits per heavy atom. The van der Waals surface area contributed by atoms with Crippen molar-refractivity contribution in [3.8, 4) is 5.69 Å². The summed E-state index contributed by atoms with van der Waals surface area (Å²) in [5.74, 6) is -0.589. The van der Waals surface area contributed by atoms with E-state index in [1.165, 1.54) is 28.9 Å². The van der Waals surface area contributed by atoms with Gasteiger partial charge in [-0.05, 0) is 34.9 Å². The Balaban J connectivity index is 2.42. The molecule has 0 aliphatic rings. The number of primary amides is 1. The molecule has 0 atom stereocenters. The van der Waals surface area contributed by atoms with Crippen molar-refractivity contribution in [1.29, 1.82) is 0 Å². The first-order chi connectivity index (χ1) is 8.79. The number of hydrogen-bond acceptors (Lipinski definition) is 2. The van der Waals surface area contributed by atoms with E-state index in [9.17, 15) is 18.0 Å². The lowest BCUT2D eigenvalue weighted by Gasteiger charge is -2.05. The van der Waals surface area contributed by atoms with Crippen molar-refractivity contribution in [2.24, 2.45) is 5.73 Å². The van der Waals surface area contributed by atoms with Crippen LogP contribution in [0.25, 0.3) is 5.69 Å². The normalized spacial score (nSPS) is 11.5. The molecular formula is C11H9AlF3N3O. The summed E-state index contributed by atoms with van der Waals surface area (Å²) in [7, 11) is 0. The smallest absolute Gasteiger partial charge is 0.366 e. The molecule has 19 heavy (non-hydrogen) atoms. The van der Waals surface area contributed by atoms with E-state index < -0.39 is 17.8 Å². The molecule has 8 heteroatoms. The number of aromatic nitrogens is 2. The molecule has 0 aliphatic heterocycles. The van der Waals surface area contributed by atoms with Gasteiger partial charge < -0.3 is 5.73 Å². The maximum absolute atomic E-state index is 12.5. The largest absolute Gasteiger partial charge is 0.435 e. The lowest BCUT2D eigenvalue weighted by Crippen LogP contribution is -2.16. The predicted octanol–water partition coefficient (Wildman–Crippen LogP) is 0.248. The van der Waals surface area contributed by atoms with Crippen molar-refractivity contribution in [2.75, 3.05) is 0 Å². The lowest BCUT2D eigenvalue weighted by molar-refractivity contribution is -0.141. The van der Waals surface area contributed by atoms with Gasteiger partial charge in [-0.15, -0.1) is 0 Å². The average molecular weight is 283 g/mol. The molecule has 2 rings (SSSR count). The molecule has 0 saturated carbocycles. The first kappa shape index (κ1) is 13.6. The van der Waals surface area contributed by atoms with E-state index in [0.717, 1.165) is 6.07 Å². The number of halogens is 3. The van der Waals surface area contributed by atoms with Crippen molar-refractivity contribution in [3.05, 3.63) is 41.6 Å². The molecule has 0 saturated heterocycles. The van der Waals surface area contributed by atoms with Crippen LogP contribution in [0.3, 0.4) is 0 Å². The molecule has 0 fully saturated rings. The summed E-state index contributed by atoms with van der Waals surface area (Å²) in [5.41, 5.74) is 4.93. The highest BCUT2D eigenvalue weighted by molar-refractivity contribution is 6.31. The van der Waals surface area contributed by atoms with Gasteiger partial charge in [0.25, 0.3) is 16.3 Å². The molecule has 1 aromatic heterocycles. The van der Waals surface area contributed by atoms with Gasteiger partial charge in [-0.2, -0.15) is 18.3 Å². The maximum atomic E-state index is 12.5. The molecule has 0 spiro atoms. The quantitative estimate of drug-likeness (QED) is 0.803. The van der Waals surface area contributed by atoms with Crippen molar-refractivity contribution >= 4 is 26.8 Å². The van der Waals surface area contributed by atoms with Crippen LogP contribution < -0.4 is 10.3 Å². The zero-order valence-corrected chi connectivity index (χ0v) is 11.9. The van der Waals surface area contributed by atoms with Crippen LogP contribution in [0.1, 0.15) is 16.1 Å². The van der Waals surface area contributed by atoms with Gasteiger partial charge in [-0.3, -0.25) is 9.48 Å². The molecule has 1 heterocycles. The zero-order chi connectivity index (χ0) is 14.2. The van der Waals surface area contributed by atoms with Crippen LogP contribution in [0, 0.1) is 0 Å². The Kier molecular flexibility index (Phi) is 3.39. The first-order valence-electron chi connectivity index (χ1n) is 5.33. The van der Waals surface area contributed by atoms with Crippen LogP contribution in [0.2, 0.25) is 0 Å². The minimum Gasteiger partial charge on any atom is -0.366 e. The van der Waals surface area contributed by atoms with Gasteiger partial charge in [0.2, 0.25) is 5.91 Å². The van der Waals surface area contributed by atoms with E-state index in [2.05, 4.69) is 5.10 Å². The highest BCUT2D eigenvalue weighted by atomic mass is 27.0. The van der Waals surface area contributed by atoms with E-state index in [4.69, 9.17) is 5.73 Å². The zero-order valence-electron chi connectivity index (χ0n) is 9.90. The maximum Gasteiger partial charge on any atom is 0.435 e. The molecule has 0 unspecified atom stereocenters. The molecule has 1 amide bonds. The molecular weight excluding hydrogens is 274 g/mol. The Bertz CT molecular complexity index is 619. The summed E-state index contributed by atoms with van der Waals surface area (Å²) in [5, 5.41) is 3.54. The summed E-state index contributed by atoms with van der Waals surface area (Å²) < 4.78 is 39.3. The van der Waals surface area contributed by atoms with Crippen LogP contribution in [0.4, 0.5) is 13.2 Å². The Labute approximate surface area is 114 Å². The number of carbonyl (C=O) groups excluding carboxylic acids is 1. The Hall–Kier alpha value is -1.78. The topological polar surface area (TPSA) is 60.9 Å². The van der Waals surface area contributed by atoms with E-state index in [-0.39, 0.29) is 0 Å². The van der Waals surface area contributed by atoms with Gasteiger partial charge in [0, 0.05) is 5.56 Å². The van der Waals surface area contributed by atoms with Gasteiger partial charge in [0.1, 0.15) is 0 Å². The fourth-order valence-electron chi connectivity index (χ4n) is 1.64. The molecule has 98 valence electrons. The van der Waals surface area contributed by atoms with Gasteiger partial charge in [0.05, 0.1) is 5.69 Å². The number of amides is 1. The second kappa shape index (κ2) is 4.72. The summed E-state index contributed by atoms with van der Waals surface area (Å²) in [6.45, 7) is 0. The monoisotopic (exact) mass is 283 g/mol. The van der Waals surface area contributed by atoms with Crippen LogP contribution in [0.5, 0.6) is 0 Å². The number of nitrogens with zero attached hydrogens (tertiary/aromatic N) is 2. The van der Waals surface area contributed by atoms with E-state index in [1.54, 1.807) is 0 Å².